The summed E-state index contributed by atoms with van der Waals surface area (Å²) in [6.45, 7) is 1.33. The van der Waals surface area contributed by atoms with Crippen LogP contribution in [0, 0.1) is 0 Å². The molecule has 0 bridgehead atoms. The average Bonchev–Trinajstić information content (AvgIpc) is 3.08. The Morgan fingerprint density at radius 3 is 2.31 bits per heavy atom. The summed E-state index contributed by atoms with van der Waals surface area (Å²) in [6.07, 6.45) is 0. The average molecular weight is 380 g/mol. The molecule has 1 saturated heterocycles. The van der Waals surface area contributed by atoms with Crippen LogP contribution in [0.5, 0.6) is 0 Å². The zero-order valence-electron chi connectivity index (χ0n) is 13.6. The van der Waals surface area contributed by atoms with E-state index in [9.17, 15) is 14.4 Å². The van der Waals surface area contributed by atoms with Gasteiger partial charge in [0.15, 0.2) is 4.32 Å². The van der Waals surface area contributed by atoms with Crippen LogP contribution in [0.4, 0.5) is 11.4 Å². The maximum absolute atomic E-state index is 13.0. The molecular formula is C19H12N2O3S2. The number of fused-ring (bicyclic) bond motifs is 1. The number of amides is 3. The fourth-order valence-corrected chi connectivity index (χ4v) is 4.44. The SMILES string of the molecule is CC(=O)N1C(=O)/C(=C2\SC(=S)N(c3ccccc3)C2=O)c2ccccc21. The first-order valence-corrected chi connectivity index (χ1v) is 9.03. The fraction of sp³-hybridized carbons (Fsp3) is 0.0526. The van der Waals surface area contributed by atoms with Gasteiger partial charge in [0.1, 0.15) is 0 Å². The topological polar surface area (TPSA) is 57.7 Å². The summed E-state index contributed by atoms with van der Waals surface area (Å²) < 4.78 is 0.357. The van der Waals surface area contributed by atoms with Crippen LogP contribution < -0.4 is 9.80 Å². The van der Waals surface area contributed by atoms with Crippen LogP contribution >= 0.6 is 24.0 Å². The van der Waals surface area contributed by atoms with Crippen LogP contribution in [-0.2, 0) is 14.4 Å². The summed E-state index contributed by atoms with van der Waals surface area (Å²) in [5, 5.41) is 0. The third-order valence-corrected chi connectivity index (χ3v) is 5.53. The molecule has 2 aromatic carbocycles. The monoisotopic (exact) mass is 380 g/mol. The van der Waals surface area contributed by atoms with E-state index in [2.05, 4.69) is 0 Å². The molecule has 3 amide bonds. The van der Waals surface area contributed by atoms with Crippen molar-refractivity contribution in [2.24, 2.45) is 0 Å². The van der Waals surface area contributed by atoms with E-state index < -0.39 is 11.8 Å². The molecule has 2 aliphatic heterocycles. The van der Waals surface area contributed by atoms with Gasteiger partial charge in [-0.2, -0.15) is 0 Å². The summed E-state index contributed by atoms with van der Waals surface area (Å²) >= 11 is 6.46. The summed E-state index contributed by atoms with van der Waals surface area (Å²) in [5.41, 5.74) is 1.94. The van der Waals surface area contributed by atoms with Crippen LogP contribution in [0.25, 0.3) is 5.57 Å². The Labute approximate surface area is 159 Å². The Balaban J connectivity index is 1.88. The Bertz CT molecular complexity index is 1010. The molecule has 4 rings (SSSR count). The van der Waals surface area contributed by atoms with E-state index in [0.717, 1.165) is 16.7 Å². The van der Waals surface area contributed by atoms with Crippen molar-refractivity contribution < 1.29 is 14.4 Å². The lowest BCUT2D eigenvalue weighted by molar-refractivity contribution is -0.122. The zero-order chi connectivity index (χ0) is 18.4. The second kappa shape index (κ2) is 6.19. The number of benzene rings is 2. The highest BCUT2D eigenvalue weighted by atomic mass is 32.2. The van der Waals surface area contributed by atoms with Crippen molar-refractivity contribution in [2.45, 2.75) is 6.92 Å². The van der Waals surface area contributed by atoms with E-state index in [1.54, 1.807) is 36.4 Å². The van der Waals surface area contributed by atoms with Gasteiger partial charge in [0.2, 0.25) is 5.91 Å². The standard InChI is InChI=1S/C19H12N2O3S2/c1-11(22)20-14-10-6-5-9-13(14)15(17(20)23)16-18(24)21(19(25)26-16)12-7-3-2-4-8-12/h2-10H,1H3/b16-15-. The van der Waals surface area contributed by atoms with Gasteiger partial charge in [-0.25, -0.2) is 4.90 Å². The maximum atomic E-state index is 13.0. The van der Waals surface area contributed by atoms with Gasteiger partial charge < -0.3 is 0 Å². The largest absolute Gasteiger partial charge is 0.274 e. The molecule has 0 unspecified atom stereocenters. The van der Waals surface area contributed by atoms with Gasteiger partial charge >= 0.3 is 0 Å². The molecule has 128 valence electrons. The van der Waals surface area contributed by atoms with Crippen LogP contribution in [-0.4, -0.2) is 22.0 Å². The molecule has 0 radical (unpaired) electrons. The smallest absolute Gasteiger partial charge is 0.271 e. The maximum Gasteiger partial charge on any atom is 0.271 e. The van der Waals surface area contributed by atoms with Crippen LogP contribution in [0.3, 0.4) is 0 Å². The highest BCUT2D eigenvalue weighted by Crippen LogP contribution is 2.45. The van der Waals surface area contributed by atoms with Gasteiger partial charge in [-0.05, 0) is 18.2 Å². The fourth-order valence-electron chi connectivity index (χ4n) is 3.07. The molecule has 2 heterocycles. The van der Waals surface area contributed by atoms with Gasteiger partial charge in [-0.15, -0.1) is 0 Å². The number of anilines is 2. The number of hydrogen-bond acceptors (Lipinski definition) is 5. The minimum atomic E-state index is -0.493. The first-order valence-electron chi connectivity index (χ1n) is 7.80. The van der Waals surface area contributed by atoms with Gasteiger partial charge in [-0.3, -0.25) is 19.3 Å². The van der Waals surface area contributed by atoms with Gasteiger partial charge in [-0.1, -0.05) is 60.4 Å². The van der Waals surface area contributed by atoms with Crippen LogP contribution in [0.1, 0.15) is 12.5 Å². The molecule has 0 atom stereocenters. The first kappa shape index (κ1) is 16.7. The number of thiocarbonyl (C=S) groups is 1. The summed E-state index contributed by atoms with van der Waals surface area (Å²) in [7, 11) is 0. The number of imide groups is 1. The van der Waals surface area contributed by atoms with Crippen molar-refractivity contribution in [3.8, 4) is 0 Å². The number of carbonyl (C=O) groups excluding carboxylic acids is 3. The quantitative estimate of drug-likeness (QED) is 0.561. The van der Waals surface area contributed by atoms with Crippen molar-refractivity contribution >= 4 is 63.0 Å². The first-order chi connectivity index (χ1) is 12.5. The summed E-state index contributed by atoms with van der Waals surface area (Å²) in [6, 6.07) is 16.0. The molecule has 0 spiro atoms. The second-order valence-corrected chi connectivity index (χ2v) is 7.37. The van der Waals surface area contributed by atoms with E-state index in [0.29, 0.717) is 21.3 Å². The van der Waals surface area contributed by atoms with Crippen molar-refractivity contribution in [1.82, 2.24) is 0 Å². The minimum absolute atomic E-state index is 0.228. The van der Waals surface area contributed by atoms with E-state index in [-0.39, 0.29) is 16.4 Å². The summed E-state index contributed by atoms with van der Waals surface area (Å²) in [4.78, 5) is 40.7. The molecule has 0 aliphatic carbocycles. The van der Waals surface area contributed by atoms with E-state index >= 15 is 0 Å². The number of hydrogen-bond donors (Lipinski definition) is 0. The van der Waals surface area contributed by atoms with E-state index in [4.69, 9.17) is 12.2 Å². The Kier molecular flexibility index (Phi) is 3.97. The van der Waals surface area contributed by atoms with E-state index in [1.165, 1.54) is 11.8 Å². The third kappa shape index (κ3) is 2.40. The number of thioether (sulfide) groups is 1. The van der Waals surface area contributed by atoms with Crippen molar-refractivity contribution in [3.05, 3.63) is 65.1 Å². The highest BCUT2D eigenvalue weighted by Gasteiger charge is 2.43. The van der Waals surface area contributed by atoms with Crippen LogP contribution in [0.15, 0.2) is 59.5 Å². The Morgan fingerprint density at radius 2 is 1.62 bits per heavy atom. The zero-order valence-corrected chi connectivity index (χ0v) is 15.3. The molecule has 5 nitrogen and oxygen atoms in total. The van der Waals surface area contributed by atoms with Gasteiger partial charge in [0.05, 0.1) is 21.9 Å². The molecule has 0 aromatic heterocycles. The molecule has 0 N–H and O–H groups in total. The second-order valence-electron chi connectivity index (χ2n) is 5.72. The molecular weight excluding hydrogens is 368 g/mol. The summed E-state index contributed by atoms with van der Waals surface area (Å²) in [5.74, 6) is -1.24. The predicted octanol–water partition coefficient (Wildman–Crippen LogP) is 3.36. The number of nitrogens with zero attached hydrogens (tertiary/aromatic N) is 2. The van der Waals surface area contributed by atoms with Gasteiger partial charge in [0.25, 0.3) is 11.8 Å². The third-order valence-electron chi connectivity index (χ3n) is 4.16. The lowest BCUT2D eigenvalue weighted by atomic mass is 10.1. The molecule has 1 fully saturated rings. The molecule has 7 heteroatoms. The number of carbonyl (C=O) groups is 3. The molecule has 0 saturated carbocycles. The lowest BCUT2D eigenvalue weighted by Crippen LogP contribution is -2.32. The van der Waals surface area contributed by atoms with Crippen molar-refractivity contribution in [1.29, 1.82) is 0 Å². The van der Waals surface area contributed by atoms with Crippen LogP contribution in [0.2, 0.25) is 0 Å². The Morgan fingerprint density at radius 1 is 0.962 bits per heavy atom. The Hall–Kier alpha value is -2.77. The normalized spacial score (nSPS) is 19.3. The van der Waals surface area contributed by atoms with Gasteiger partial charge in [0, 0.05) is 12.5 Å². The minimum Gasteiger partial charge on any atom is -0.274 e. The van der Waals surface area contributed by atoms with Crippen molar-refractivity contribution in [3.63, 3.8) is 0 Å². The van der Waals surface area contributed by atoms with Crippen molar-refractivity contribution in [2.75, 3.05) is 9.80 Å². The molecule has 2 aliphatic rings. The lowest BCUT2D eigenvalue weighted by Gasteiger charge is -2.14. The predicted molar refractivity (Wildman–Crippen MR) is 106 cm³/mol. The molecule has 2 aromatic rings. The van der Waals surface area contributed by atoms with E-state index in [1.807, 2.05) is 18.2 Å². The number of rotatable bonds is 1. The number of para-hydroxylation sites is 2. The molecule has 26 heavy (non-hydrogen) atoms. The highest BCUT2D eigenvalue weighted by molar-refractivity contribution is 8.27.